The van der Waals surface area contributed by atoms with Crippen LogP contribution in [0, 0.1) is 5.92 Å². The molecule has 0 spiro atoms. The van der Waals surface area contributed by atoms with Crippen LogP contribution in [0.5, 0.6) is 0 Å². The van der Waals surface area contributed by atoms with Crippen molar-refractivity contribution in [2.24, 2.45) is 5.92 Å². The summed E-state index contributed by atoms with van der Waals surface area (Å²) in [4.78, 5) is 36.3. The van der Waals surface area contributed by atoms with Crippen LogP contribution in [0.1, 0.15) is 42.5 Å². The van der Waals surface area contributed by atoms with Gasteiger partial charge in [-0.3, -0.25) is 30.0 Å². The molecule has 1 saturated carbocycles. The van der Waals surface area contributed by atoms with Crippen molar-refractivity contribution < 1.29 is 22.8 Å². The molecule has 2 aromatic rings. The van der Waals surface area contributed by atoms with Crippen LogP contribution in [0.15, 0.2) is 53.4 Å². The summed E-state index contributed by atoms with van der Waals surface area (Å²) in [5.41, 5.74) is 4.64. The average molecular weight is 493 g/mol. The molecule has 3 amide bonds. The normalized spacial score (nSPS) is 14.2. The number of halogens is 1. The standard InChI is InChI=1S/C22H25ClN4O5S/c23-18-11-4-5-12-19(18)27-33(31,32)17-10-6-9-16(13-17)22(30)26-25-20(28)14-24-21(29)15-7-2-1-3-8-15/h4-6,9-13,15,27H,1-3,7-8,14H2,(H,24,29)(H,25,28)(H,26,30). The first-order valence-electron chi connectivity index (χ1n) is 10.5. The van der Waals surface area contributed by atoms with Gasteiger partial charge in [0.25, 0.3) is 21.8 Å². The number of carbonyl (C=O) groups excluding carboxylic acids is 3. The van der Waals surface area contributed by atoms with Gasteiger partial charge in [-0.1, -0.05) is 49.1 Å². The maximum absolute atomic E-state index is 12.7. The highest BCUT2D eigenvalue weighted by atomic mass is 35.5. The number of benzene rings is 2. The van der Waals surface area contributed by atoms with Crippen LogP contribution in [0.3, 0.4) is 0 Å². The molecule has 176 valence electrons. The second kappa shape index (κ2) is 11.2. The van der Waals surface area contributed by atoms with E-state index >= 15 is 0 Å². The molecule has 33 heavy (non-hydrogen) atoms. The van der Waals surface area contributed by atoms with Crippen LogP contribution in [-0.4, -0.2) is 32.7 Å². The molecule has 0 atom stereocenters. The number of amides is 3. The van der Waals surface area contributed by atoms with Gasteiger partial charge in [-0.05, 0) is 43.2 Å². The number of hydrogen-bond donors (Lipinski definition) is 4. The first-order chi connectivity index (χ1) is 15.8. The van der Waals surface area contributed by atoms with E-state index in [-0.39, 0.29) is 39.5 Å². The van der Waals surface area contributed by atoms with E-state index in [1.165, 1.54) is 30.3 Å². The number of anilines is 1. The van der Waals surface area contributed by atoms with Gasteiger partial charge in [0.15, 0.2) is 0 Å². The van der Waals surface area contributed by atoms with E-state index in [0.717, 1.165) is 32.1 Å². The Morgan fingerprint density at radius 3 is 2.39 bits per heavy atom. The summed E-state index contributed by atoms with van der Waals surface area (Å²) in [6.07, 6.45) is 4.75. The molecule has 0 heterocycles. The number of nitrogens with one attached hydrogen (secondary N) is 4. The minimum Gasteiger partial charge on any atom is -0.347 e. The highest BCUT2D eigenvalue weighted by Gasteiger charge is 2.21. The zero-order valence-electron chi connectivity index (χ0n) is 17.8. The Morgan fingerprint density at radius 2 is 1.67 bits per heavy atom. The van der Waals surface area contributed by atoms with Gasteiger partial charge in [0, 0.05) is 11.5 Å². The second-order valence-electron chi connectivity index (χ2n) is 7.67. The van der Waals surface area contributed by atoms with Gasteiger partial charge < -0.3 is 5.32 Å². The van der Waals surface area contributed by atoms with E-state index in [1.807, 2.05) is 0 Å². The van der Waals surface area contributed by atoms with Gasteiger partial charge in [0.2, 0.25) is 5.91 Å². The molecule has 9 nitrogen and oxygen atoms in total. The van der Waals surface area contributed by atoms with Gasteiger partial charge in [-0.2, -0.15) is 0 Å². The fraction of sp³-hybridized carbons (Fsp3) is 0.318. The molecule has 0 radical (unpaired) electrons. The van der Waals surface area contributed by atoms with Gasteiger partial charge in [-0.15, -0.1) is 0 Å². The predicted molar refractivity (Wildman–Crippen MR) is 124 cm³/mol. The lowest BCUT2D eigenvalue weighted by atomic mass is 9.89. The van der Waals surface area contributed by atoms with E-state index in [4.69, 9.17) is 11.6 Å². The summed E-state index contributed by atoms with van der Waals surface area (Å²) >= 11 is 6.00. The molecule has 0 aliphatic heterocycles. The van der Waals surface area contributed by atoms with E-state index in [1.54, 1.807) is 18.2 Å². The predicted octanol–water partition coefficient (Wildman–Crippen LogP) is 2.60. The minimum absolute atomic E-state index is 0.0172. The molecule has 3 rings (SSSR count). The number of rotatable bonds is 7. The van der Waals surface area contributed by atoms with Crippen molar-refractivity contribution in [3.63, 3.8) is 0 Å². The number of hydrazine groups is 1. The van der Waals surface area contributed by atoms with Crippen molar-refractivity contribution in [3.8, 4) is 0 Å². The van der Waals surface area contributed by atoms with E-state index in [2.05, 4.69) is 20.9 Å². The van der Waals surface area contributed by atoms with Crippen molar-refractivity contribution in [3.05, 3.63) is 59.1 Å². The fourth-order valence-electron chi connectivity index (χ4n) is 3.47. The summed E-state index contributed by atoms with van der Waals surface area (Å²) < 4.78 is 27.7. The molecular formula is C22H25ClN4O5S. The highest BCUT2D eigenvalue weighted by Crippen LogP contribution is 2.25. The Morgan fingerprint density at radius 1 is 0.939 bits per heavy atom. The van der Waals surface area contributed by atoms with E-state index in [0.29, 0.717) is 0 Å². The average Bonchev–Trinajstić information content (AvgIpc) is 2.83. The van der Waals surface area contributed by atoms with Crippen LogP contribution in [-0.2, 0) is 19.6 Å². The van der Waals surface area contributed by atoms with Gasteiger partial charge in [-0.25, -0.2) is 8.42 Å². The molecule has 1 aliphatic carbocycles. The molecule has 11 heteroatoms. The van der Waals surface area contributed by atoms with E-state index in [9.17, 15) is 22.8 Å². The van der Waals surface area contributed by atoms with Gasteiger partial charge >= 0.3 is 0 Å². The summed E-state index contributed by atoms with van der Waals surface area (Å²) in [5.74, 6) is -1.56. The van der Waals surface area contributed by atoms with Crippen molar-refractivity contribution in [1.82, 2.24) is 16.2 Å². The second-order valence-corrected chi connectivity index (χ2v) is 9.76. The number of hydrogen-bond acceptors (Lipinski definition) is 5. The smallest absolute Gasteiger partial charge is 0.269 e. The van der Waals surface area contributed by atoms with Gasteiger partial charge in [0.05, 0.1) is 22.2 Å². The quantitative estimate of drug-likeness (QED) is 0.441. The largest absolute Gasteiger partial charge is 0.347 e. The molecule has 0 unspecified atom stereocenters. The third-order valence-corrected chi connectivity index (χ3v) is 6.93. The Hall–Kier alpha value is -3.11. The number of para-hydroxylation sites is 1. The zero-order valence-corrected chi connectivity index (χ0v) is 19.3. The van der Waals surface area contributed by atoms with Crippen LogP contribution in [0.4, 0.5) is 5.69 Å². The van der Waals surface area contributed by atoms with Crippen molar-refractivity contribution in [2.45, 2.75) is 37.0 Å². The van der Waals surface area contributed by atoms with Crippen LogP contribution in [0.25, 0.3) is 0 Å². The fourth-order valence-corrected chi connectivity index (χ4v) is 4.84. The Balaban J connectivity index is 1.54. The Kier molecular flexibility index (Phi) is 8.29. The summed E-state index contributed by atoms with van der Waals surface area (Å²) in [7, 11) is -4.00. The lowest BCUT2D eigenvalue weighted by Gasteiger charge is -2.20. The number of carbonyl (C=O) groups is 3. The van der Waals surface area contributed by atoms with Crippen LogP contribution in [0.2, 0.25) is 5.02 Å². The lowest BCUT2D eigenvalue weighted by Crippen LogP contribution is -2.47. The zero-order chi connectivity index (χ0) is 23.8. The monoisotopic (exact) mass is 492 g/mol. The van der Waals surface area contributed by atoms with Crippen LogP contribution < -0.4 is 20.9 Å². The van der Waals surface area contributed by atoms with Gasteiger partial charge in [0.1, 0.15) is 0 Å². The first-order valence-corrected chi connectivity index (χ1v) is 12.4. The Bertz CT molecular complexity index is 1130. The molecule has 0 bridgehead atoms. The molecule has 1 fully saturated rings. The lowest BCUT2D eigenvalue weighted by molar-refractivity contribution is -0.129. The Labute approximate surface area is 197 Å². The first kappa shape index (κ1) is 24.5. The highest BCUT2D eigenvalue weighted by molar-refractivity contribution is 7.92. The van der Waals surface area contributed by atoms with Crippen LogP contribution >= 0.6 is 11.6 Å². The molecular weight excluding hydrogens is 468 g/mol. The van der Waals surface area contributed by atoms with E-state index < -0.39 is 21.8 Å². The topological polar surface area (TPSA) is 133 Å². The third-order valence-electron chi connectivity index (χ3n) is 5.24. The molecule has 2 aromatic carbocycles. The maximum atomic E-state index is 12.7. The molecule has 1 aliphatic rings. The maximum Gasteiger partial charge on any atom is 0.269 e. The summed E-state index contributed by atoms with van der Waals surface area (Å²) in [5, 5.41) is 2.80. The third kappa shape index (κ3) is 6.93. The summed E-state index contributed by atoms with van der Waals surface area (Å²) in [6.45, 7) is -0.272. The summed E-state index contributed by atoms with van der Waals surface area (Å²) in [6, 6.07) is 11.7. The van der Waals surface area contributed by atoms with Crippen molar-refractivity contribution in [2.75, 3.05) is 11.3 Å². The molecule has 0 saturated heterocycles. The van der Waals surface area contributed by atoms with Crippen molar-refractivity contribution >= 4 is 45.0 Å². The molecule has 0 aromatic heterocycles. The SMILES string of the molecule is O=C(CNC(=O)C1CCCCC1)NNC(=O)c1cccc(S(=O)(=O)Nc2ccccc2Cl)c1. The van der Waals surface area contributed by atoms with Crippen molar-refractivity contribution in [1.29, 1.82) is 0 Å². The minimum atomic E-state index is -4.00. The number of sulfonamides is 1. The molecule has 4 N–H and O–H groups in total.